The molecule has 104 valence electrons. The van der Waals surface area contributed by atoms with Crippen molar-refractivity contribution in [1.82, 2.24) is 10.2 Å². The lowest BCUT2D eigenvalue weighted by molar-refractivity contribution is -0.138. The number of rotatable bonds is 1. The van der Waals surface area contributed by atoms with E-state index in [9.17, 15) is 4.79 Å². The van der Waals surface area contributed by atoms with Gasteiger partial charge in [0.25, 0.3) is 0 Å². The first-order chi connectivity index (χ1) is 8.19. The number of hydrogen-bond donors (Lipinski definition) is 1. The summed E-state index contributed by atoms with van der Waals surface area (Å²) in [6.45, 7) is 5.16. The zero-order valence-corrected chi connectivity index (χ0v) is 12.1. The van der Waals surface area contributed by atoms with Crippen LogP contribution in [0.15, 0.2) is 0 Å². The van der Waals surface area contributed by atoms with Crippen LogP contribution in [0.25, 0.3) is 0 Å². The number of likely N-dealkylation sites (tertiary alicyclic amines) is 1. The normalized spacial score (nSPS) is 39.3. The Hall–Kier alpha value is -0.280. The zero-order valence-electron chi connectivity index (χ0n) is 11.3. The Balaban J connectivity index is 0.00000120. The summed E-state index contributed by atoms with van der Waals surface area (Å²) in [6, 6.07) is 0. The van der Waals surface area contributed by atoms with Gasteiger partial charge in [-0.15, -0.1) is 12.4 Å². The van der Waals surface area contributed by atoms with Crippen molar-refractivity contribution in [2.45, 2.75) is 51.0 Å². The van der Waals surface area contributed by atoms with Crippen molar-refractivity contribution < 1.29 is 4.79 Å². The van der Waals surface area contributed by atoms with E-state index in [1.54, 1.807) is 0 Å². The van der Waals surface area contributed by atoms with Crippen molar-refractivity contribution in [2.24, 2.45) is 11.8 Å². The first-order valence-electron chi connectivity index (χ1n) is 7.23. The molecule has 18 heavy (non-hydrogen) atoms. The molecule has 0 aromatic rings. The minimum absolute atomic E-state index is 0. The van der Waals surface area contributed by atoms with Crippen molar-refractivity contribution >= 4 is 18.3 Å². The Morgan fingerprint density at radius 1 is 1.17 bits per heavy atom. The topological polar surface area (TPSA) is 32.3 Å². The summed E-state index contributed by atoms with van der Waals surface area (Å²) in [5.74, 6) is 1.99. The van der Waals surface area contributed by atoms with E-state index in [2.05, 4.69) is 17.1 Å². The van der Waals surface area contributed by atoms with Gasteiger partial charge in [0.15, 0.2) is 0 Å². The predicted molar refractivity (Wildman–Crippen MR) is 74.9 cm³/mol. The van der Waals surface area contributed by atoms with Crippen LogP contribution < -0.4 is 5.32 Å². The van der Waals surface area contributed by atoms with E-state index in [1.807, 2.05) is 0 Å². The van der Waals surface area contributed by atoms with E-state index >= 15 is 0 Å². The van der Waals surface area contributed by atoms with Crippen LogP contribution in [0.3, 0.4) is 0 Å². The van der Waals surface area contributed by atoms with Gasteiger partial charge in [0.05, 0.1) is 5.54 Å². The molecular formula is C14H25ClN2O. The number of carbonyl (C=O) groups is 1. The van der Waals surface area contributed by atoms with Crippen molar-refractivity contribution in [3.05, 3.63) is 0 Å². The predicted octanol–water partition coefficient (Wildman–Crippen LogP) is 2.20. The van der Waals surface area contributed by atoms with Gasteiger partial charge in [-0.2, -0.15) is 0 Å². The summed E-state index contributed by atoms with van der Waals surface area (Å²) in [7, 11) is 0. The van der Waals surface area contributed by atoms with Crippen molar-refractivity contribution in [3.8, 4) is 0 Å². The maximum Gasteiger partial charge on any atom is 0.242 e. The zero-order chi connectivity index (χ0) is 11.9. The highest BCUT2D eigenvalue weighted by Crippen LogP contribution is 2.38. The lowest BCUT2D eigenvalue weighted by Crippen LogP contribution is -2.57. The molecule has 3 fully saturated rings. The summed E-state index contributed by atoms with van der Waals surface area (Å²) in [5, 5.41) is 3.45. The van der Waals surface area contributed by atoms with Crippen LogP contribution in [0.4, 0.5) is 0 Å². The lowest BCUT2D eigenvalue weighted by Gasteiger charge is -2.37. The Kier molecular flexibility index (Phi) is 4.22. The average molecular weight is 273 g/mol. The molecule has 3 atom stereocenters. The van der Waals surface area contributed by atoms with Crippen molar-refractivity contribution in [3.63, 3.8) is 0 Å². The molecule has 3 nitrogen and oxygen atoms in total. The molecule has 1 saturated carbocycles. The largest absolute Gasteiger partial charge is 0.341 e. The minimum Gasteiger partial charge on any atom is -0.341 e. The molecule has 0 radical (unpaired) electrons. The van der Waals surface area contributed by atoms with E-state index < -0.39 is 0 Å². The van der Waals surface area contributed by atoms with Gasteiger partial charge in [0, 0.05) is 13.1 Å². The maximum absolute atomic E-state index is 12.6. The summed E-state index contributed by atoms with van der Waals surface area (Å²) in [4.78, 5) is 14.8. The van der Waals surface area contributed by atoms with Gasteiger partial charge in [-0.1, -0.05) is 6.42 Å². The molecule has 0 spiro atoms. The molecule has 2 aliphatic heterocycles. The molecule has 0 aromatic carbocycles. The highest BCUT2D eigenvalue weighted by atomic mass is 35.5. The Morgan fingerprint density at radius 3 is 2.39 bits per heavy atom. The molecule has 0 bridgehead atoms. The van der Waals surface area contributed by atoms with Gasteiger partial charge in [0.1, 0.15) is 0 Å². The van der Waals surface area contributed by atoms with E-state index in [-0.39, 0.29) is 17.9 Å². The number of nitrogens with zero attached hydrogens (tertiary/aromatic N) is 1. The molecule has 3 unspecified atom stereocenters. The first kappa shape index (κ1) is 14.1. The lowest BCUT2D eigenvalue weighted by atomic mass is 9.89. The van der Waals surface area contributed by atoms with Crippen LogP contribution in [0.5, 0.6) is 0 Å². The average Bonchev–Trinajstić information content (AvgIpc) is 2.89. The second-order valence-electron chi connectivity index (χ2n) is 6.38. The van der Waals surface area contributed by atoms with E-state index in [0.29, 0.717) is 5.91 Å². The third-order valence-corrected chi connectivity index (χ3v) is 5.10. The standard InChI is InChI=1S/C14H24N2O.ClH/c1-14(7-2-3-8-15-14)13(17)16-9-11-5-4-6-12(11)10-16;/h11-12,15H,2-10H2,1H3;1H. The van der Waals surface area contributed by atoms with Gasteiger partial charge in [-0.3, -0.25) is 4.79 Å². The monoisotopic (exact) mass is 272 g/mol. The highest BCUT2D eigenvalue weighted by Gasteiger charge is 2.44. The quantitative estimate of drug-likeness (QED) is 0.794. The Bertz CT molecular complexity index is 303. The molecular weight excluding hydrogens is 248 g/mol. The van der Waals surface area contributed by atoms with Gasteiger partial charge in [-0.25, -0.2) is 0 Å². The van der Waals surface area contributed by atoms with Gasteiger partial charge in [0.2, 0.25) is 5.91 Å². The fourth-order valence-corrected chi connectivity index (χ4v) is 3.99. The van der Waals surface area contributed by atoms with Crippen LogP contribution in [-0.2, 0) is 4.79 Å². The van der Waals surface area contributed by atoms with Crippen LogP contribution in [0.1, 0.15) is 45.4 Å². The number of amides is 1. The second-order valence-corrected chi connectivity index (χ2v) is 6.38. The number of fused-ring (bicyclic) bond motifs is 1. The SMILES string of the molecule is CC1(C(=O)N2CC3CCCC3C2)CCCCN1.Cl. The minimum atomic E-state index is -0.267. The third-order valence-electron chi connectivity index (χ3n) is 5.10. The molecule has 2 heterocycles. The summed E-state index contributed by atoms with van der Waals surface area (Å²) >= 11 is 0. The number of nitrogens with one attached hydrogen (secondary N) is 1. The van der Waals surface area contributed by atoms with E-state index in [4.69, 9.17) is 0 Å². The molecule has 3 rings (SSSR count). The molecule has 0 aromatic heterocycles. The highest BCUT2D eigenvalue weighted by molar-refractivity contribution is 5.86. The Morgan fingerprint density at radius 2 is 1.83 bits per heavy atom. The van der Waals surface area contributed by atoms with E-state index in [0.717, 1.165) is 37.9 Å². The van der Waals surface area contributed by atoms with Crippen LogP contribution >= 0.6 is 12.4 Å². The molecule has 1 amide bonds. The van der Waals surface area contributed by atoms with Gasteiger partial charge in [-0.05, 0) is 57.4 Å². The summed E-state index contributed by atoms with van der Waals surface area (Å²) in [6.07, 6.45) is 7.49. The van der Waals surface area contributed by atoms with E-state index in [1.165, 1.54) is 32.1 Å². The van der Waals surface area contributed by atoms with Crippen LogP contribution in [0.2, 0.25) is 0 Å². The van der Waals surface area contributed by atoms with Crippen molar-refractivity contribution in [1.29, 1.82) is 0 Å². The number of piperidine rings is 1. The summed E-state index contributed by atoms with van der Waals surface area (Å²) < 4.78 is 0. The third kappa shape index (κ3) is 2.39. The maximum atomic E-state index is 12.6. The smallest absolute Gasteiger partial charge is 0.242 e. The van der Waals surface area contributed by atoms with Gasteiger partial charge < -0.3 is 10.2 Å². The van der Waals surface area contributed by atoms with Gasteiger partial charge >= 0.3 is 0 Å². The number of hydrogen-bond acceptors (Lipinski definition) is 2. The fraction of sp³-hybridized carbons (Fsp3) is 0.929. The second kappa shape index (κ2) is 5.38. The molecule has 4 heteroatoms. The fourth-order valence-electron chi connectivity index (χ4n) is 3.99. The number of carbonyl (C=O) groups excluding carboxylic acids is 1. The molecule has 1 N–H and O–H groups in total. The Labute approximate surface area is 116 Å². The summed E-state index contributed by atoms with van der Waals surface area (Å²) in [5.41, 5.74) is -0.267. The van der Waals surface area contributed by atoms with Crippen molar-refractivity contribution in [2.75, 3.05) is 19.6 Å². The van der Waals surface area contributed by atoms with Crippen LogP contribution in [-0.4, -0.2) is 36.0 Å². The first-order valence-corrected chi connectivity index (χ1v) is 7.23. The van der Waals surface area contributed by atoms with Crippen LogP contribution in [0, 0.1) is 11.8 Å². The molecule has 1 aliphatic carbocycles. The molecule has 2 saturated heterocycles. The number of halogens is 1. The molecule has 3 aliphatic rings.